The second-order valence-corrected chi connectivity index (χ2v) is 9.50. The van der Waals surface area contributed by atoms with Crippen molar-refractivity contribution in [2.75, 3.05) is 18.4 Å². The molecule has 0 saturated carbocycles. The number of nitrogens with two attached hydrogens (primary N) is 1. The first-order chi connectivity index (χ1) is 16.9. The molecule has 4 N–H and O–H groups in total. The predicted octanol–water partition coefficient (Wildman–Crippen LogP) is 5.63. The maximum Gasteiger partial charge on any atom is 0.326 e. The van der Waals surface area contributed by atoms with Crippen LogP contribution in [0.4, 0.5) is 10.5 Å². The number of amides is 2. The molecule has 1 fully saturated rings. The first-order valence-corrected chi connectivity index (χ1v) is 12.2. The number of halogens is 2. The number of H-pyrrole nitrogens is 1. The molecule has 9 heteroatoms. The third kappa shape index (κ3) is 4.67. The Bertz CT molecular complexity index is 1450. The number of piperidine rings is 1. The number of urea groups is 1. The quantitative estimate of drug-likeness (QED) is 0.332. The normalized spacial score (nSPS) is 14.4. The highest BCUT2D eigenvalue weighted by Gasteiger charge is 2.26. The number of hydrogen-bond donors (Lipinski definition) is 3. The monoisotopic (exact) mass is 509 g/mol. The molecule has 1 aliphatic rings. The molecule has 1 saturated heterocycles. The third-order valence-electron chi connectivity index (χ3n) is 6.51. The van der Waals surface area contributed by atoms with Crippen molar-refractivity contribution in [3.63, 3.8) is 0 Å². The third-order valence-corrected chi connectivity index (χ3v) is 7.25. The number of imidazole rings is 1. The van der Waals surface area contributed by atoms with Gasteiger partial charge in [0.15, 0.2) is 0 Å². The number of nitrogens with zero attached hydrogens (tertiary/aromatic N) is 2. The van der Waals surface area contributed by atoms with Gasteiger partial charge in [0.05, 0.1) is 21.1 Å². The standard InChI is InChI=1S/C26H25Cl2N5O2/c27-21-8-7-18(14-22(21)28)30-25(34)32-11-9-19(10-12-32)33-23-6-2-5-20(24(23)31-26(33)35)17-4-1-3-16(13-17)15-29/h1-8,13-14,19H,9-12,15,29H2,(H,30,34)(H,31,35). The second-order valence-electron chi connectivity index (χ2n) is 8.68. The molecule has 180 valence electrons. The number of fused-ring (bicyclic) bond motifs is 1. The van der Waals surface area contributed by atoms with Gasteiger partial charge in [-0.15, -0.1) is 0 Å². The van der Waals surface area contributed by atoms with Gasteiger partial charge in [-0.2, -0.15) is 0 Å². The van der Waals surface area contributed by atoms with E-state index in [1.807, 2.05) is 41.0 Å². The topological polar surface area (TPSA) is 96.2 Å². The molecule has 1 aliphatic heterocycles. The fraction of sp³-hybridized carbons (Fsp3) is 0.231. The van der Waals surface area contributed by atoms with E-state index in [2.05, 4.69) is 16.4 Å². The summed E-state index contributed by atoms with van der Waals surface area (Å²) in [6.07, 6.45) is 1.35. The van der Waals surface area contributed by atoms with E-state index in [4.69, 9.17) is 28.9 Å². The number of aromatic nitrogens is 2. The van der Waals surface area contributed by atoms with E-state index in [0.717, 1.165) is 27.7 Å². The lowest BCUT2D eigenvalue weighted by atomic mass is 10.0. The highest BCUT2D eigenvalue weighted by atomic mass is 35.5. The minimum absolute atomic E-state index is 0.00379. The molecule has 0 aliphatic carbocycles. The summed E-state index contributed by atoms with van der Waals surface area (Å²) in [6, 6.07) is 18.8. The molecule has 7 nitrogen and oxygen atoms in total. The summed E-state index contributed by atoms with van der Waals surface area (Å²) in [7, 11) is 0. The fourth-order valence-electron chi connectivity index (χ4n) is 4.72. The molecular formula is C26H25Cl2N5O2. The van der Waals surface area contributed by atoms with Gasteiger partial charge in [-0.3, -0.25) is 4.57 Å². The molecule has 0 unspecified atom stereocenters. The lowest BCUT2D eigenvalue weighted by molar-refractivity contribution is 0.184. The van der Waals surface area contributed by atoms with Crippen LogP contribution in [-0.4, -0.2) is 33.6 Å². The van der Waals surface area contributed by atoms with Gasteiger partial charge >= 0.3 is 11.7 Å². The Balaban J connectivity index is 1.34. The average molecular weight is 510 g/mol. The Labute approximate surface area is 212 Å². The van der Waals surface area contributed by atoms with Crippen LogP contribution in [0.15, 0.2) is 65.5 Å². The summed E-state index contributed by atoms with van der Waals surface area (Å²) in [6.45, 7) is 1.53. The summed E-state index contributed by atoms with van der Waals surface area (Å²) >= 11 is 12.0. The van der Waals surface area contributed by atoms with E-state index < -0.39 is 0 Å². The molecule has 3 aromatic carbocycles. The van der Waals surface area contributed by atoms with Gasteiger partial charge in [0, 0.05) is 36.9 Å². The molecule has 0 spiro atoms. The number of carbonyl (C=O) groups is 1. The number of aromatic amines is 1. The molecular weight excluding hydrogens is 485 g/mol. The Morgan fingerprint density at radius 1 is 1.03 bits per heavy atom. The molecule has 0 atom stereocenters. The van der Waals surface area contributed by atoms with E-state index in [9.17, 15) is 9.59 Å². The summed E-state index contributed by atoms with van der Waals surface area (Å²) < 4.78 is 1.83. The van der Waals surface area contributed by atoms with Crippen LogP contribution in [-0.2, 0) is 6.54 Å². The first kappa shape index (κ1) is 23.5. The van der Waals surface area contributed by atoms with Crippen molar-refractivity contribution in [1.82, 2.24) is 14.5 Å². The van der Waals surface area contributed by atoms with Crippen molar-refractivity contribution in [1.29, 1.82) is 0 Å². The molecule has 0 radical (unpaired) electrons. The van der Waals surface area contributed by atoms with Crippen LogP contribution >= 0.6 is 23.2 Å². The van der Waals surface area contributed by atoms with Gasteiger partial charge in [0.2, 0.25) is 0 Å². The van der Waals surface area contributed by atoms with Crippen LogP contribution in [0.5, 0.6) is 0 Å². The number of carbonyl (C=O) groups excluding carboxylic acids is 1. The zero-order chi connectivity index (χ0) is 24.5. The van der Waals surface area contributed by atoms with Gasteiger partial charge in [-0.25, -0.2) is 9.59 Å². The Kier molecular flexibility index (Phi) is 6.56. The molecule has 0 bridgehead atoms. The second kappa shape index (κ2) is 9.77. The van der Waals surface area contributed by atoms with E-state index in [1.165, 1.54) is 0 Å². The predicted molar refractivity (Wildman–Crippen MR) is 141 cm³/mol. The minimum atomic E-state index is -0.199. The number of rotatable bonds is 4. The molecule has 1 aromatic heterocycles. The van der Waals surface area contributed by atoms with Crippen molar-refractivity contribution in [3.8, 4) is 11.1 Å². The Morgan fingerprint density at radius 2 is 1.80 bits per heavy atom. The highest BCUT2D eigenvalue weighted by molar-refractivity contribution is 6.42. The van der Waals surface area contributed by atoms with Crippen LogP contribution < -0.4 is 16.7 Å². The van der Waals surface area contributed by atoms with Gasteiger partial charge in [-0.05, 0) is 54.3 Å². The van der Waals surface area contributed by atoms with Crippen LogP contribution in [0, 0.1) is 0 Å². The van der Waals surface area contributed by atoms with E-state index in [-0.39, 0.29) is 17.8 Å². The number of nitrogens with one attached hydrogen (secondary N) is 2. The van der Waals surface area contributed by atoms with E-state index >= 15 is 0 Å². The molecule has 35 heavy (non-hydrogen) atoms. The number of likely N-dealkylation sites (tertiary alicyclic amines) is 1. The molecule has 2 heterocycles. The van der Waals surface area contributed by atoms with E-state index in [1.54, 1.807) is 23.1 Å². The van der Waals surface area contributed by atoms with Crippen LogP contribution in [0.3, 0.4) is 0 Å². The average Bonchev–Trinajstić information content (AvgIpc) is 3.22. The lowest BCUT2D eigenvalue weighted by Gasteiger charge is -2.32. The SMILES string of the molecule is NCc1cccc(-c2cccc3c2[nH]c(=O)n3C2CCN(C(=O)Nc3ccc(Cl)c(Cl)c3)CC2)c1. The molecule has 2 amide bonds. The lowest BCUT2D eigenvalue weighted by Crippen LogP contribution is -2.42. The number of hydrogen-bond acceptors (Lipinski definition) is 3. The van der Waals surface area contributed by atoms with E-state index in [0.29, 0.717) is 48.2 Å². The first-order valence-electron chi connectivity index (χ1n) is 11.5. The molecule has 5 rings (SSSR count). The van der Waals surface area contributed by atoms with Crippen LogP contribution in [0.1, 0.15) is 24.4 Å². The van der Waals surface area contributed by atoms with Crippen molar-refractivity contribution in [3.05, 3.63) is 86.8 Å². The summed E-state index contributed by atoms with van der Waals surface area (Å²) in [5.74, 6) is 0. The zero-order valence-electron chi connectivity index (χ0n) is 18.9. The summed E-state index contributed by atoms with van der Waals surface area (Å²) in [5, 5.41) is 3.69. The number of para-hydroxylation sites is 1. The Morgan fingerprint density at radius 3 is 2.54 bits per heavy atom. The fourth-order valence-corrected chi connectivity index (χ4v) is 5.02. The van der Waals surface area contributed by atoms with Crippen molar-refractivity contribution in [2.24, 2.45) is 5.73 Å². The minimum Gasteiger partial charge on any atom is -0.326 e. The van der Waals surface area contributed by atoms with Crippen molar-refractivity contribution >= 4 is 46.0 Å². The van der Waals surface area contributed by atoms with Crippen molar-refractivity contribution in [2.45, 2.75) is 25.4 Å². The van der Waals surface area contributed by atoms with Crippen LogP contribution in [0.25, 0.3) is 22.2 Å². The van der Waals surface area contributed by atoms with Gasteiger partial charge in [0.25, 0.3) is 0 Å². The number of benzene rings is 3. The van der Waals surface area contributed by atoms with Gasteiger partial charge in [0.1, 0.15) is 0 Å². The maximum atomic E-state index is 13.0. The van der Waals surface area contributed by atoms with Crippen molar-refractivity contribution < 1.29 is 4.79 Å². The van der Waals surface area contributed by atoms with Gasteiger partial charge < -0.3 is 20.9 Å². The zero-order valence-corrected chi connectivity index (χ0v) is 20.4. The maximum absolute atomic E-state index is 13.0. The summed E-state index contributed by atoms with van der Waals surface area (Å²) in [5.41, 5.74) is 11.0. The largest absolute Gasteiger partial charge is 0.326 e. The highest BCUT2D eigenvalue weighted by Crippen LogP contribution is 2.31. The van der Waals surface area contributed by atoms with Crippen LogP contribution in [0.2, 0.25) is 10.0 Å². The van der Waals surface area contributed by atoms with Gasteiger partial charge in [-0.1, -0.05) is 53.5 Å². The smallest absolute Gasteiger partial charge is 0.326 e. The Hall–Kier alpha value is -3.26. The molecule has 4 aromatic rings. The number of anilines is 1. The summed E-state index contributed by atoms with van der Waals surface area (Å²) in [4.78, 5) is 30.6.